The van der Waals surface area contributed by atoms with Gasteiger partial charge in [0, 0.05) is 23.8 Å². The molecule has 0 aliphatic carbocycles. The van der Waals surface area contributed by atoms with Gasteiger partial charge in [0.1, 0.15) is 64.9 Å². The molecule has 10 atom stereocenters. The van der Waals surface area contributed by atoms with E-state index >= 15 is 0 Å². The van der Waals surface area contributed by atoms with Gasteiger partial charge in [-0.15, -0.1) is 0 Å². The number of rotatable bonds is 6. The van der Waals surface area contributed by atoms with Crippen LogP contribution in [0.5, 0.6) is 23.0 Å². The summed E-state index contributed by atoms with van der Waals surface area (Å²) in [6.45, 7) is 0.671. The van der Waals surface area contributed by atoms with Crippen LogP contribution in [0.2, 0.25) is 0 Å². The van der Waals surface area contributed by atoms with E-state index in [-0.39, 0.29) is 33.8 Å². The molecular formula is C27H30O15. The van der Waals surface area contributed by atoms with Crippen LogP contribution in [-0.2, 0) is 14.2 Å². The number of hydrogen-bond donors (Lipinski definition) is 9. The predicted octanol–water partition coefficient (Wildman–Crippen LogP) is -1.39. The Balaban J connectivity index is 1.48. The molecule has 0 radical (unpaired) electrons. The molecule has 3 aromatic rings. The van der Waals surface area contributed by atoms with Gasteiger partial charge in [-0.25, -0.2) is 0 Å². The lowest BCUT2D eigenvalue weighted by atomic mass is 9.97. The van der Waals surface area contributed by atoms with Crippen LogP contribution in [0, 0.1) is 0 Å². The molecule has 2 aliphatic rings. The third kappa shape index (κ3) is 5.49. The van der Waals surface area contributed by atoms with Crippen LogP contribution >= 0.6 is 0 Å². The maximum Gasteiger partial charge on any atom is 0.229 e. The van der Waals surface area contributed by atoms with Gasteiger partial charge in [0.05, 0.1) is 12.7 Å². The molecule has 2 aliphatic heterocycles. The van der Waals surface area contributed by atoms with E-state index < -0.39 is 84.9 Å². The second kappa shape index (κ2) is 11.6. The molecule has 0 spiro atoms. The summed E-state index contributed by atoms with van der Waals surface area (Å²) in [7, 11) is 0. The first-order valence-corrected chi connectivity index (χ1v) is 12.9. The zero-order valence-corrected chi connectivity index (χ0v) is 21.9. The third-order valence-corrected chi connectivity index (χ3v) is 7.22. The topological polar surface area (TPSA) is 249 Å². The average molecular weight is 595 g/mol. The number of aliphatic hydroxyl groups excluding tert-OH is 6. The number of aliphatic hydroxyl groups is 6. The number of aromatic hydroxyl groups is 3. The molecule has 2 fully saturated rings. The SMILES string of the molecule is C[C@@H]1O[C@@H](OC2[C@H](Oc3cc(O)c4c(=O)cc(-c5ccc(O)c(O)c5)oc4c3)O[C@H](CO)[C@@H](O)[C@@H]2O)[C@H](O)[C@H](O)[C@H]1O. The van der Waals surface area contributed by atoms with Gasteiger partial charge in [0.15, 0.2) is 29.3 Å². The average Bonchev–Trinajstić information content (AvgIpc) is 2.95. The highest BCUT2D eigenvalue weighted by Crippen LogP contribution is 2.36. The highest BCUT2D eigenvalue weighted by Gasteiger charge is 2.50. The van der Waals surface area contributed by atoms with Crippen molar-refractivity contribution in [2.75, 3.05) is 6.61 Å². The van der Waals surface area contributed by atoms with E-state index in [4.69, 9.17) is 23.4 Å². The van der Waals surface area contributed by atoms with Gasteiger partial charge >= 0.3 is 0 Å². The van der Waals surface area contributed by atoms with Gasteiger partial charge in [-0.2, -0.15) is 0 Å². The van der Waals surface area contributed by atoms with E-state index in [9.17, 15) is 50.8 Å². The number of phenolic OH excluding ortho intramolecular Hbond substituents is 3. The van der Waals surface area contributed by atoms with Gasteiger partial charge in [0.2, 0.25) is 6.29 Å². The molecule has 5 rings (SSSR count). The Labute approximate surface area is 236 Å². The maximum atomic E-state index is 12.8. The fraction of sp³-hybridized carbons (Fsp3) is 0.444. The quantitative estimate of drug-likeness (QED) is 0.149. The lowest BCUT2D eigenvalue weighted by Crippen LogP contribution is -2.64. The van der Waals surface area contributed by atoms with Crippen molar-refractivity contribution in [2.24, 2.45) is 0 Å². The number of benzene rings is 2. The summed E-state index contributed by atoms with van der Waals surface area (Å²) in [5, 5.41) is 91.2. The number of hydrogen-bond acceptors (Lipinski definition) is 15. The summed E-state index contributed by atoms with van der Waals surface area (Å²) < 4.78 is 28.3. The molecule has 15 nitrogen and oxygen atoms in total. The highest BCUT2D eigenvalue weighted by molar-refractivity contribution is 5.86. The van der Waals surface area contributed by atoms with Crippen molar-refractivity contribution in [1.29, 1.82) is 0 Å². The first-order chi connectivity index (χ1) is 19.9. The van der Waals surface area contributed by atoms with Crippen molar-refractivity contribution in [1.82, 2.24) is 0 Å². The minimum atomic E-state index is -1.78. The van der Waals surface area contributed by atoms with Crippen molar-refractivity contribution in [3.63, 3.8) is 0 Å². The van der Waals surface area contributed by atoms with Crippen molar-refractivity contribution in [2.45, 2.75) is 68.3 Å². The molecule has 0 saturated carbocycles. The number of fused-ring (bicyclic) bond motifs is 1. The summed E-state index contributed by atoms with van der Waals surface area (Å²) >= 11 is 0. The Bertz CT molecular complexity index is 1490. The molecule has 15 heteroatoms. The largest absolute Gasteiger partial charge is 0.507 e. The first kappa shape index (κ1) is 30.0. The lowest BCUT2D eigenvalue weighted by Gasteiger charge is -2.45. The molecule has 2 saturated heterocycles. The van der Waals surface area contributed by atoms with E-state index in [1.54, 1.807) is 0 Å². The van der Waals surface area contributed by atoms with Crippen LogP contribution < -0.4 is 10.2 Å². The molecule has 228 valence electrons. The molecule has 3 heterocycles. The van der Waals surface area contributed by atoms with Crippen LogP contribution in [0.1, 0.15) is 6.92 Å². The Morgan fingerprint density at radius 3 is 2.21 bits per heavy atom. The summed E-state index contributed by atoms with van der Waals surface area (Å²) in [4.78, 5) is 12.8. The molecular weight excluding hydrogens is 564 g/mol. The molecule has 1 unspecified atom stereocenters. The van der Waals surface area contributed by atoms with Crippen LogP contribution in [0.25, 0.3) is 22.3 Å². The van der Waals surface area contributed by atoms with Crippen molar-refractivity contribution in [3.05, 3.63) is 46.6 Å². The summed E-state index contributed by atoms with van der Waals surface area (Å²) in [5.41, 5.74) is -0.575. The molecule has 42 heavy (non-hydrogen) atoms. The Hall–Kier alpha value is -3.51. The number of phenols is 3. The van der Waals surface area contributed by atoms with E-state index in [1.165, 1.54) is 25.1 Å². The Kier molecular flexibility index (Phi) is 8.30. The van der Waals surface area contributed by atoms with Crippen molar-refractivity contribution < 1.29 is 69.3 Å². The summed E-state index contributed by atoms with van der Waals surface area (Å²) in [6, 6.07) is 7.08. The van der Waals surface area contributed by atoms with E-state index in [0.717, 1.165) is 18.2 Å². The van der Waals surface area contributed by atoms with Crippen LogP contribution in [-0.4, -0.2) is 114 Å². The molecule has 0 amide bonds. The van der Waals surface area contributed by atoms with Gasteiger partial charge < -0.3 is 69.3 Å². The van der Waals surface area contributed by atoms with Gasteiger partial charge in [-0.1, -0.05) is 0 Å². The highest BCUT2D eigenvalue weighted by atomic mass is 16.8. The fourth-order valence-corrected chi connectivity index (χ4v) is 4.84. The van der Waals surface area contributed by atoms with E-state index in [2.05, 4.69) is 0 Å². The van der Waals surface area contributed by atoms with E-state index in [0.29, 0.717) is 0 Å². The predicted molar refractivity (Wildman–Crippen MR) is 139 cm³/mol. The third-order valence-electron chi connectivity index (χ3n) is 7.22. The maximum absolute atomic E-state index is 12.8. The lowest BCUT2D eigenvalue weighted by molar-refractivity contribution is -0.354. The fourth-order valence-electron chi connectivity index (χ4n) is 4.84. The normalized spacial score (nSPS) is 33.5. The molecule has 2 aromatic carbocycles. The monoisotopic (exact) mass is 594 g/mol. The van der Waals surface area contributed by atoms with Crippen molar-refractivity contribution >= 4 is 11.0 Å². The van der Waals surface area contributed by atoms with Gasteiger partial charge in [-0.05, 0) is 25.1 Å². The minimum Gasteiger partial charge on any atom is -0.507 e. The second-order valence-corrected chi connectivity index (χ2v) is 10.1. The standard InChI is InChI=1S/C27H30O15/c1-9-20(33)22(35)24(37)26(38-9)42-25-23(36)21(34)18(8-28)41-27(25)39-11-5-14(31)19-15(32)7-16(40-17(19)6-11)10-2-3-12(29)13(30)4-10/h2-7,9,18,20-31,33-37H,8H2,1H3/t9-,18+,20-,21+,22+,23-,24+,25?,26-,27+/m0/s1. The molecule has 9 N–H and O–H groups in total. The second-order valence-electron chi connectivity index (χ2n) is 10.1. The first-order valence-electron chi connectivity index (χ1n) is 12.9. The van der Waals surface area contributed by atoms with Gasteiger partial charge in [0.25, 0.3) is 0 Å². The minimum absolute atomic E-state index is 0.0216. The zero-order chi connectivity index (χ0) is 30.5. The Morgan fingerprint density at radius 2 is 1.52 bits per heavy atom. The van der Waals surface area contributed by atoms with Crippen LogP contribution in [0.15, 0.2) is 45.6 Å². The summed E-state index contributed by atoms with van der Waals surface area (Å²) in [5.74, 6) is -1.60. The van der Waals surface area contributed by atoms with Crippen molar-refractivity contribution in [3.8, 4) is 34.3 Å². The van der Waals surface area contributed by atoms with E-state index in [1.807, 2.05) is 0 Å². The number of ether oxygens (including phenoxy) is 4. The van der Waals surface area contributed by atoms with Crippen LogP contribution in [0.4, 0.5) is 0 Å². The smallest absolute Gasteiger partial charge is 0.229 e. The van der Waals surface area contributed by atoms with Gasteiger partial charge in [-0.3, -0.25) is 4.79 Å². The zero-order valence-electron chi connectivity index (χ0n) is 21.9. The summed E-state index contributed by atoms with van der Waals surface area (Å²) in [6.07, 6.45) is -15.5. The molecule has 0 bridgehead atoms. The Morgan fingerprint density at radius 1 is 0.786 bits per heavy atom. The molecule has 1 aromatic heterocycles. The van der Waals surface area contributed by atoms with Crippen LogP contribution in [0.3, 0.4) is 0 Å².